The fourth-order valence-electron chi connectivity index (χ4n) is 2.02. The van der Waals surface area contributed by atoms with Gasteiger partial charge >= 0.3 is 5.97 Å². The van der Waals surface area contributed by atoms with E-state index in [0.29, 0.717) is 23.6 Å². The lowest BCUT2D eigenvalue weighted by molar-refractivity contribution is 0.0690. The molecular weight excluding hydrogens is 230 g/mol. The third-order valence-corrected chi connectivity index (χ3v) is 3.09. The van der Waals surface area contributed by atoms with Gasteiger partial charge in [0.15, 0.2) is 5.69 Å². The molecule has 0 aromatic carbocycles. The van der Waals surface area contributed by atoms with Gasteiger partial charge in [-0.3, -0.25) is 4.98 Å². The Labute approximate surface area is 108 Å². The molecule has 0 aliphatic rings. The van der Waals surface area contributed by atoms with Gasteiger partial charge in [0.1, 0.15) is 5.82 Å². The topological polar surface area (TPSA) is 75.1 Å². The monoisotopic (exact) mass is 251 g/mol. The molecule has 1 aromatic heterocycles. The fraction of sp³-hybridized carbons (Fsp3) is 0.615. The zero-order chi connectivity index (χ0) is 13.7. The van der Waals surface area contributed by atoms with E-state index in [9.17, 15) is 4.79 Å². The van der Waals surface area contributed by atoms with Crippen molar-refractivity contribution in [1.29, 1.82) is 0 Å². The summed E-state index contributed by atoms with van der Waals surface area (Å²) in [4.78, 5) is 18.6. The van der Waals surface area contributed by atoms with Crippen molar-refractivity contribution in [3.63, 3.8) is 0 Å². The fourth-order valence-corrected chi connectivity index (χ4v) is 2.02. The average Bonchev–Trinajstić information content (AvgIpc) is 2.28. The summed E-state index contributed by atoms with van der Waals surface area (Å²) in [6, 6.07) is 0. The first-order chi connectivity index (χ1) is 8.41. The highest BCUT2D eigenvalue weighted by molar-refractivity contribution is 5.85. The van der Waals surface area contributed by atoms with Crippen LogP contribution in [0.3, 0.4) is 0 Å². The van der Waals surface area contributed by atoms with E-state index in [-0.39, 0.29) is 5.69 Å². The van der Waals surface area contributed by atoms with Gasteiger partial charge in [-0.15, -0.1) is 0 Å². The predicted molar refractivity (Wildman–Crippen MR) is 70.6 cm³/mol. The molecule has 0 spiro atoms. The maximum Gasteiger partial charge on any atom is 0.356 e. The Hall–Kier alpha value is -1.65. The second-order valence-corrected chi connectivity index (χ2v) is 5.13. The Morgan fingerprint density at radius 1 is 1.28 bits per heavy atom. The Morgan fingerprint density at radius 2 is 1.89 bits per heavy atom. The molecule has 0 radical (unpaired) electrons. The summed E-state index contributed by atoms with van der Waals surface area (Å²) in [5.41, 5.74) is -0.0364. The van der Waals surface area contributed by atoms with Crippen LogP contribution in [0.25, 0.3) is 0 Å². The molecule has 0 amide bonds. The molecular formula is C13H21N3O2. The number of anilines is 1. The van der Waals surface area contributed by atoms with Crippen LogP contribution >= 0.6 is 0 Å². The van der Waals surface area contributed by atoms with E-state index in [2.05, 4.69) is 43.0 Å². The molecule has 1 aromatic rings. The number of carboxylic acid groups (broad SMARTS) is 1. The summed E-state index contributed by atoms with van der Waals surface area (Å²) in [7, 11) is 0. The molecule has 100 valence electrons. The highest BCUT2D eigenvalue weighted by Gasteiger charge is 2.17. The van der Waals surface area contributed by atoms with Gasteiger partial charge in [0.25, 0.3) is 0 Å². The van der Waals surface area contributed by atoms with E-state index in [1.165, 1.54) is 6.20 Å². The molecule has 0 unspecified atom stereocenters. The number of hydrogen-bond donors (Lipinski definition) is 2. The van der Waals surface area contributed by atoms with E-state index >= 15 is 0 Å². The molecule has 0 fully saturated rings. The van der Waals surface area contributed by atoms with Crippen molar-refractivity contribution in [3.8, 4) is 0 Å². The Morgan fingerprint density at radius 3 is 2.39 bits per heavy atom. The van der Waals surface area contributed by atoms with Crippen molar-refractivity contribution in [3.05, 3.63) is 18.1 Å². The minimum atomic E-state index is -1.06. The lowest BCUT2D eigenvalue weighted by Gasteiger charge is -2.25. The molecule has 2 N–H and O–H groups in total. The van der Waals surface area contributed by atoms with Crippen LogP contribution < -0.4 is 5.32 Å². The van der Waals surface area contributed by atoms with E-state index < -0.39 is 5.97 Å². The van der Waals surface area contributed by atoms with Crippen LogP contribution in [0.2, 0.25) is 0 Å². The minimum absolute atomic E-state index is 0.0364. The lowest BCUT2D eigenvalue weighted by atomic mass is 9.85. The lowest BCUT2D eigenvalue weighted by Crippen LogP contribution is -2.25. The Balaban J connectivity index is 2.67. The number of hydrogen-bond acceptors (Lipinski definition) is 4. The molecule has 5 nitrogen and oxygen atoms in total. The molecule has 0 aliphatic carbocycles. The maximum absolute atomic E-state index is 10.8. The normalized spacial score (nSPS) is 11.3. The largest absolute Gasteiger partial charge is 0.476 e. The van der Waals surface area contributed by atoms with Crippen LogP contribution in [-0.4, -0.2) is 27.6 Å². The summed E-state index contributed by atoms with van der Waals surface area (Å²) < 4.78 is 0. The van der Waals surface area contributed by atoms with E-state index in [0.717, 1.165) is 6.54 Å². The first kappa shape index (κ1) is 14.4. The first-order valence-corrected chi connectivity index (χ1v) is 6.21. The van der Waals surface area contributed by atoms with Gasteiger partial charge in [-0.25, -0.2) is 9.78 Å². The van der Waals surface area contributed by atoms with Gasteiger partial charge < -0.3 is 10.4 Å². The average molecular weight is 251 g/mol. The smallest absolute Gasteiger partial charge is 0.356 e. The van der Waals surface area contributed by atoms with Gasteiger partial charge in [0.05, 0.1) is 12.4 Å². The summed E-state index contributed by atoms with van der Waals surface area (Å²) >= 11 is 0. The van der Waals surface area contributed by atoms with Crippen LogP contribution in [0.5, 0.6) is 0 Å². The molecule has 0 saturated carbocycles. The van der Waals surface area contributed by atoms with E-state index in [1.54, 1.807) is 6.20 Å². The van der Waals surface area contributed by atoms with Crippen LogP contribution in [0.15, 0.2) is 12.4 Å². The number of aromatic carboxylic acids is 1. The van der Waals surface area contributed by atoms with Crippen molar-refractivity contribution in [2.24, 2.45) is 17.8 Å². The number of aromatic nitrogens is 2. The van der Waals surface area contributed by atoms with Crippen molar-refractivity contribution >= 4 is 11.8 Å². The van der Waals surface area contributed by atoms with Gasteiger partial charge in [-0.2, -0.15) is 0 Å². The third-order valence-electron chi connectivity index (χ3n) is 3.09. The SMILES string of the molecule is CC(C)C(CNc1cncc(C(=O)O)n1)C(C)C. The van der Waals surface area contributed by atoms with E-state index in [4.69, 9.17) is 5.11 Å². The molecule has 1 rings (SSSR count). The van der Waals surface area contributed by atoms with Crippen LogP contribution in [0, 0.1) is 17.8 Å². The summed E-state index contributed by atoms with van der Waals surface area (Å²) in [6.45, 7) is 9.52. The van der Waals surface area contributed by atoms with Crippen LogP contribution in [0.4, 0.5) is 5.82 Å². The highest BCUT2D eigenvalue weighted by Crippen LogP contribution is 2.20. The number of carboxylic acids is 1. The minimum Gasteiger partial charge on any atom is -0.476 e. The second kappa shape index (κ2) is 6.33. The summed E-state index contributed by atoms with van der Waals surface area (Å²) in [6.07, 6.45) is 2.79. The molecule has 5 heteroatoms. The number of rotatable bonds is 6. The van der Waals surface area contributed by atoms with Gasteiger partial charge in [-0.05, 0) is 17.8 Å². The zero-order valence-corrected chi connectivity index (χ0v) is 11.3. The van der Waals surface area contributed by atoms with Crippen molar-refractivity contribution in [1.82, 2.24) is 9.97 Å². The van der Waals surface area contributed by atoms with Gasteiger partial charge in [-0.1, -0.05) is 27.7 Å². The van der Waals surface area contributed by atoms with Gasteiger partial charge in [0.2, 0.25) is 0 Å². The van der Waals surface area contributed by atoms with Crippen molar-refractivity contribution < 1.29 is 9.90 Å². The van der Waals surface area contributed by atoms with Crippen molar-refractivity contribution in [2.45, 2.75) is 27.7 Å². The summed E-state index contributed by atoms with van der Waals surface area (Å²) in [5.74, 6) is 1.10. The molecule has 0 atom stereocenters. The zero-order valence-electron chi connectivity index (χ0n) is 11.3. The molecule has 0 bridgehead atoms. The third kappa shape index (κ3) is 3.98. The first-order valence-electron chi connectivity index (χ1n) is 6.21. The predicted octanol–water partition coefficient (Wildman–Crippen LogP) is 2.51. The Bertz CT molecular complexity index is 397. The van der Waals surface area contributed by atoms with Crippen LogP contribution in [0.1, 0.15) is 38.2 Å². The summed E-state index contributed by atoms with van der Waals surface area (Å²) in [5, 5.41) is 12.0. The maximum atomic E-state index is 10.8. The molecule has 18 heavy (non-hydrogen) atoms. The van der Waals surface area contributed by atoms with E-state index in [1.807, 2.05) is 0 Å². The Kier molecular flexibility index (Phi) is 5.07. The number of carbonyl (C=O) groups is 1. The number of nitrogens with zero attached hydrogens (tertiary/aromatic N) is 2. The van der Waals surface area contributed by atoms with Gasteiger partial charge in [0, 0.05) is 6.54 Å². The standard InChI is InChI=1S/C13H21N3O2/c1-8(2)10(9(3)4)5-15-12-7-14-6-11(16-12)13(17)18/h6-10H,5H2,1-4H3,(H,15,16)(H,17,18). The number of nitrogens with one attached hydrogen (secondary N) is 1. The second-order valence-electron chi connectivity index (χ2n) is 5.13. The van der Waals surface area contributed by atoms with Crippen LogP contribution in [-0.2, 0) is 0 Å². The van der Waals surface area contributed by atoms with Crippen molar-refractivity contribution in [2.75, 3.05) is 11.9 Å². The quantitative estimate of drug-likeness (QED) is 0.812. The molecule has 0 aliphatic heterocycles. The molecule has 0 saturated heterocycles. The molecule has 1 heterocycles. The highest BCUT2D eigenvalue weighted by atomic mass is 16.4.